The lowest BCUT2D eigenvalue weighted by Gasteiger charge is -2.00. The molecule has 2 N–H and O–H groups in total. The maximum atomic E-state index is 12.6. The molecule has 0 heterocycles. The molecule has 0 saturated carbocycles. The zero-order valence-corrected chi connectivity index (χ0v) is 6.95. The van der Waals surface area contributed by atoms with Crippen molar-refractivity contribution in [3.63, 3.8) is 0 Å². The van der Waals surface area contributed by atoms with E-state index < -0.39 is 5.82 Å². The van der Waals surface area contributed by atoms with Gasteiger partial charge in [0.1, 0.15) is 0 Å². The first-order valence-corrected chi connectivity index (χ1v) is 2.94. The summed E-state index contributed by atoms with van der Waals surface area (Å²) < 4.78 is 12.6. The molecule has 11 heavy (non-hydrogen) atoms. The van der Waals surface area contributed by atoms with Crippen molar-refractivity contribution in [2.75, 3.05) is 0 Å². The largest absolute Gasteiger partial charge is 0.407 e. The summed E-state index contributed by atoms with van der Waals surface area (Å²) in [6.45, 7) is 0. The minimum atomic E-state index is -0.560. The van der Waals surface area contributed by atoms with E-state index in [4.69, 9.17) is 17.5 Å². The summed E-state index contributed by atoms with van der Waals surface area (Å²) in [6, 6.07) is 4.18. The minimum Gasteiger partial charge on any atom is -0.407 e. The molecule has 0 aliphatic heterocycles. The van der Waals surface area contributed by atoms with Crippen LogP contribution in [0, 0.1) is 5.82 Å². The van der Waals surface area contributed by atoms with E-state index in [0.717, 1.165) is 0 Å². The van der Waals surface area contributed by atoms with Gasteiger partial charge in [0.05, 0.1) is 5.02 Å². The summed E-state index contributed by atoms with van der Waals surface area (Å²) in [5.74, 6) is 4.05. The van der Waals surface area contributed by atoms with Gasteiger partial charge in [-0.3, -0.25) is 0 Å². The Kier molecular flexibility index (Phi) is 4.18. The molecule has 0 unspecified atom stereocenters. The third kappa shape index (κ3) is 2.22. The number of para-hydroxylation sites is 1. The first kappa shape index (κ1) is 10.5. The highest BCUT2D eigenvalue weighted by Gasteiger charge is 2.05. The fraction of sp³-hybridized carbons (Fsp3) is 0. The highest BCUT2D eigenvalue weighted by Crippen LogP contribution is 2.25. The quantitative estimate of drug-likeness (QED) is 0.701. The molecule has 1 rings (SSSR count). The molecule has 0 aliphatic rings. The molecule has 0 bridgehead atoms. The molecule has 0 atom stereocenters. The smallest absolute Gasteiger partial charge is 0.200 e. The van der Waals surface area contributed by atoms with Crippen LogP contribution in [0.5, 0.6) is 5.75 Å². The number of halogens is 3. The Morgan fingerprint density at radius 3 is 2.45 bits per heavy atom. The zero-order valence-electron chi connectivity index (χ0n) is 5.38. The van der Waals surface area contributed by atoms with Crippen molar-refractivity contribution in [1.82, 2.24) is 0 Å². The molecular formula is C6H6Cl2FNO. The van der Waals surface area contributed by atoms with Crippen LogP contribution in [0.15, 0.2) is 18.2 Å². The Hall–Kier alpha value is -0.510. The predicted molar refractivity (Wildman–Crippen MR) is 43.5 cm³/mol. The summed E-state index contributed by atoms with van der Waals surface area (Å²) >= 11 is 5.48. The van der Waals surface area contributed by atoms with Crippen LogP contribution >= 0.6 is 24.0 Å². The molecule has 0 amide bonds. The number of hydrogen-bond acceptors (Lipinski definition) is 2. The molecule has 1 aromatic carbocycles. The van der Waals surface area contributed by atoms with Crippen molar-refractivity contribution in [1.29, 1.82) is 0 Å². The van der Waals surface area contributed by atoms with Crippen molar-refractivity contribution >= 4 is 24.0 Å². The summed E-state index contributed by atoms with van der Waals surface area (Å²) in [5.41, 5.74) is 0. The van der Waals surface area contributed by atoms with E-state index in [2.05, 4.69) is 4.84 Å². The molecule has 2 nitrogen and oxygen atoms in total. The topological polar surface area (TPSA) is 35.2 Å². The molecule has 0 fully saturated rings. The van der Waals surface area contributed by atoms with Gasteiger partial charge in [0, 0.05) is 0 Å². The molecule has 0 saturated heterocycles. The number of benzene rings is 1. The molecule has 62 valence electrons. The maximum Gasteiger partial charge on any atom is 0.200 e. The van der Waals surface area contributed by atoms with Gasteiger partial charge in [-0.15, -0.1) is 12.4 Å². The molecule has 0 aromatic heterocycles. The maximum absolute atomic E-state index is 12.6. The van der Waals surface area contributed by atoms with Gasteiger partial charge in [-0.05, 0) is 12.1 Å². The molecular weight excluding hydrogens is 192 g/mol. The van der Waals surface area contributed by atoms with Gasteiger partial charge >= 0.3 is 0 Å². The summed E-state index contributed by atoms with van der Waals surface area (Å²) in [6.07, 6.45) is 0. The predicted octanol–water partition coefficient (Wildman–Crippen LogP) is 2.15. The molecule has 5 heteroatoms. The van der Waals surface area contributed by atoms with Crippen LogP contribution in [0.3, 0.4) is 0 Å². The van der Waals surface area contributed by atoms with Crippen molar-refractivity contribution in [2.45, 2.75) is 0 Å². The monoisotopic (exact) mass is 197 g/mol. The second-order valence-electron chi connectivity index (χ2n) is 1.67. The van der Waals surface area contributed by atoms with Gasteiger partial charge < -0.3 is 4.84 Å². The Labute approximate surface area is 74.5 Å². The lowest BCUT2D eigenvalue weighted by molar-refractivity contribution is 0.316. The van der Waals surface area contributed by atoms with Crippen molar-refractivity contribution < 1.29 is 9.23 Å². The third-order valence-electron chi connectivity index (χ3n) is 1.04. The first-order valence-electron chi connectivity index (χ1n) is 2.56. The average molecular weight is 198 g/mol. The van der Waals surface area contributed by atoms with Crippen LogP contribution in [0.25, 0.3) is 0 Å². The highest BCUT2D eigenvalue weighted by molar-refractivity contribution is 6.32. The fourth-order valence-electron chi connectivity index (χ4n) is 0.595. The summed E-state index contributed by atoms with van der Waals surface area (Å²) in [5, 5.41) is 0.169. The Morgan fingerprint density at radius 1 is 1.45 bits per heavy atom. The first-order chi connectivity index (χ1) is 4.75. The fourth-order valence-corrected chi connectivity index (χ4v) is 0.803. The lowest BCUT2D eigenvalue weighted by atomic mass is 10.3. The second-order valence-corrected chi connectivity index (χ2v) is 2.08. The Bertz CT molecular complexity index is 224. The molecule has 1 aromatic rings. The minimum absolute atomic E-state index is 0. The van der Waals surface area contributed by atoms with Gasteiger partial charge in [0.25, 0.3) is 0 Å². The highest BCUT2D eigenvalue weighted by atomic mass is 35.5. The van der Waals surface area contributed by atoms with Crippen LogP contribution in [-0.2, 0) is 0 Å². The Morgan fingerprint density at radius 2 is 2.09 bits per heavy atom. The standard InChI is InChI=1S/C6H5ClFNO.ClH/c7-4-2-1-3-5(8)6(4)10-9;/h1-3H,9H2;1H. The summed E-state index contributed by atoms with van der Waals surface area (Å²) in [4.78, 5) is 4.17. The van der Waals surface area contributed by atoms with E-state index in [1.165, 1.54) is 18.2 Å². The number of rotatable bonds is 1. The van der Waals surface area contributed by atoms with Crippen LogP contribution in [0.2, 0.25) is 5.02 Å². The number of hydrogen-bond donors (Lipinski definition) is 1. The van der Waals surface area contributed by atoms with E-state index in [1.807, 2.05) is 0 Å². The van der Waals surface area contributed by atoms with Crippen LogP contribution in [-0.4, -0.2) is 0 Å². The van der Waals surface area contributed by atoms with Gasteiger partial charge in [-0.2, -0.15) is 5.90 Å². The Balaban J connectivity index is 0.000001000. The van der Waals surface area contributed by atoms with Crippen LogP contribution in [0.4, 0.5) is 4.39 Å². The zero-order chi connectivity index (χ0) is 7.56. The SMILES string of the molecule is Cl.NOc1c(F)cccc1Cl. The lowest BCUT2D eigenvalue weighted by Crippen LogP contribution is -2.03. The van der Waals surface area contributed by atoms with Gasteiger partial charge in [-0.1, -0.05) is 17.7 Å². The van der Waals surface area contributed by atoms with Crippen molar-refractivity contribution in [2.24, 2.45) is 5.90 Å². The third-order valence-corrected chi connectivity index (χ3v) is 1.33. The van der Waals surface area contributed by atoms with E-state index >= 15 is 0 Å². The van der Waals surface area contributed by atoms with E-state index in [1.54, 1.807) is 0 Å². The van der Waals surface area contributed by atoms with Gasteiger partial charge in [-0.25, -0.2) is 4.39 Å². The second kappa shape index (κ2) is 4.38. The summed E-state index contributed by atoms with van der Waals surface area (Å²) in [7, 11) is 0. The van der Waals surface area contributed by atoms with E-state index in [-0.39, 0.29) is 23.2 Å². The van der Waals surface area contributed by atoms with E-state index in [9.17, 15) is 4.39 Å². The van der Waals surface area contributed by atoms with Gasteiger partial charge in [0.15, 0.2) is 5.82 Å². The molecule has 0 radical (unpaired) electrons. The normalized spacial score (nSPS) is 8.64. The van der Waals surface area contributed by atoms with Crippen molar-refractivity contribution in [3.8, 4) is 5.75 Å². The number of nitrogens with two attached hydrogens (primary N) is 1. The molecule has 0 aliphatic carbocycles. The van der Waals surface area contributed by atoms with Crippen molar-refractivity contribution in [3.05, 3.63) is 29.0 Å². The van der Waals surface area contributed by atoms with Crippen LogP contribution in [0.1, 0.15) is 0 Å². The van der Waals surface area contributed by atoms with E-state index in [0.29, 0.717) is 0 Å². The average Bonchev–Trinajstić information content (AvgIpc) is 1.88. The van der Waals surface area contributed by atoms with Gasteiger partial charge in [0.2, 0.25) is 5.75 Å². The molecule has 0 spiro atoms. The van der Waals surface area contributed by atoms with Crippen LogP contribution < -0.4 is 10.7 Å².